The van der Waals surface area contributed by atoms with Gasteiger partial charge in [-0.15, -0.1) is 0 Å². The fourth-order valence-corrected chi connectivity index (χ4v) is 1.38. The van der Waals surface area contributed by atoms with E-state index >= 15 is 0 Å². The number of benzene rings is 1. The van der Waals surface area contributed by atoms with E-state index in [4.69, 9.17) is 19.1 Å². The molecule has 0 saturated carbocycles. The Morgan fingerprint density at radius 3 is 2.94 bits per heavy atom. The first-order valence-electron chi connectivity index (χ1n) is 5.14. The van der Waals surface area contributed by atoms with Gasteiger partial charge in [-0.1, -0.05) is 11.2 Å². The maximum atomic E-state index is 10.8. The van der Waals surface area contributed by atoms with Crippen LogP contribution in [0.5, 0.6) is 11.5 Å². The Bertz CT molecular complexity index is 549. The first-order chi connectivity index (χ1) is 8.70. The van der Waals surface area contributed by atoms with E-state index in [1.807, 2.05) is 0 Å². The van der Waals surface area contributed by atoms with Crippen LogP contribution >= 0.6 is 0 Å². The molecule has 1 heterocycles. The largest absolute Gasteiger partial charge is 0.497 e. The Hall–Kier alpha value is -2.50. The van der Waals surface area contributed by atoms with Crippen LogP contribution in [0.15, 0.2) is 35.0 Å². The van der Waals surface area contributed by atoms with Crippen molar-refractivity contribution < 1.29 is 23.9 Å². The first-order valence-corrected chi connectivity index (χ1v) is 5.14. The van der Waals surface area contributed by atoms with Crippen LogP contribution in [0.2, 0.25) is 0 Å². The quantitative estimate of drug-likeness (QED) is 0.872. The summed E-state index contributed by atoms with van der Waals surface area (Å²) in [6, 6.07) is 6.98. The van der Waals surface area contributed by atoms with Gasteiger partial charge >= 0.3 is 5.97 Å². The number of nitrogens with zero attached hydrogens (tertiary/aromatic N) is 1. The number of methoxy groups -OCH3 is 1. The highest BCUT2D eigenvalue weighted by atomic mass is 16.5. The molecule has 1 aromatic carbocycles. The summed E-state index contributed by atoms with van der Waals surface area (Å²) in [6.07, 6.45) is 1.15. The minimum atomic E-state index is -1.10. The number of hydrogen-bond donors (Lipinski definition) is 1. The summed E-state index contributed by atoms with van der Waals surface area (Å²) in [4.78, 5) is 10.8. The molecule has 6 nitrogen and oxygen atoms in total. The van der Waals surface area contributed by atoms with Crippen molar-refractivity contribution in [3.63, 3.8) is 0 Å². The van der Waals surface area contributed by atoms with Crippen molar-refractivity contribution in [3.8, 4) is 11.5 Å². The number of aromatic nitrogens is 1. The summed E-state index contributed by atoms with van der Waals surface area (Å²) in [5, 5.41) is 12.3. The minimum Gasteiger partial charge on any atom is -0.497 e. The molecule has 94 valence electrons. The Balaban J connectivity index is 2.06. The summed E-state index contributed by atoms with van der Waals surface area (Å²) in [7, 11) is 1.55. The second-order valence-electron chi connectivity index (χ2n) is 3.44. The number of hydrogen-bond acceptors (Lipinski definition) is 5. The molecule has 0 aliphatic carbocycles. The number of rotatable bonds is 5. The molecule has 2 aromatic rings. The van der Waals surface area contributed by atoms with E-state index in [0.29, 0.717) is 11.5 Å². The lowest BCUT2D eigenvalue weighted by molar-refractivity contribution is 0.0691. The predicted octanol–water partition coefficient (Wildman–Crippen LogP) is 1.96. The van der Waals surface area contributed by atoms with Crippen molar-refractivity contribution in [2.75, 3.05) is 7.11 Å². The highest BCUT2D eigenvalue weighted by Gasteiger charge is 2.15. The number of ether oxygens (including phenoxy) is 2. The van der Waals surface area contributed by atoms with E-state index in [2.05, 4.69) is 5.16 Å². The van der Waals surface area contributed by atoms with Crippen molar-refractivity contribution in [2.24, 2.45) is 0 Å². The second kappa shape index (κ2) is 5.22. The van der Waals surface area contributed by atoms with Gasteiger partial charge in [0.05, 0.1) is 13.3 Å². The molecule has 6 heteroatoms. The van der Waals surface area contributed by atoms with Gasteiger partial charge in [0.2, 0.25) is 0 Å². The molecule has 0 spiro atoms. The normalized spacial score (nSPS) is 10.1. The Kier molecular flexibility index (Phi) is 3.47. The van der Waals surface area contributed by atoms with Crippen LogP contribution in [-0.2, 0) is 6.61 Å². The van der Waals surface area contributed by atoms with E-state index in [0.717, 1.165) is 6.20 Å². The Labute approximate surface area is 103 Å². The number of aromatic carboxylic acids is 1. The lowest BCUT2D eigenvalue weighted by atomic mass is 10.3. The van der Waals surface area contributed by atoms with Crippen molar-refractivity contribution in [3.05, 3.63) is 41.8 Å². The van der Waals surface area contributed by atoms with Crippen molar-refractivity contribution in [1.29, 1.82) is 0 Å². The third-order valence-corrected chi connectivity index (χ3v) is 2.29. The van der Waals surface area contributed by atoms with Gasteiger partial charge in [-0.05, 0) is 12.1 Å². The highest BCUT2D eigenvalue weighted by Crippen LogP contribution is 2.20. The monoisotopic (exact) mass is 249 g/mol. The molecule has 0 bridgehead atoms. The Morgan fingerprint density at radius 2 is 2.22 bits per heavy atom. The molecule has 0 unspecified atom stereocenters. The average Bonchev–Trinajstić information content (AvgIpc) is 2.85. The summed E-state index contributed by atoms with van der Waals surface area (Å²) < 4.78 is 15.3. The topological polar surface area (TPSA) is 81.8 Å². The van der Waals surface area contributed by atoms with Gasteiger partial charge in [0.25, 0.3) is 0 Å². The third kappa shape index (κ3) is 2.60. The Morgan fingerprint density at radius 1 is 1.44 bits per heavy atom. The highest BCUT2D eigenvalue weighted by molar-refractivity contribution is 5.88. The van der Waals surface area contributed by atoms with Gasteiger partial charge in [0, 0.05) is 6.07 Å². The zero-order valence-electron chi connectivity index (χ0n) is 9.62. The van der Waals surface area contributed by atoms with Gasteiger partial charge in [-0.3, -0.25) is 0 Å². The van der Waals surface area contributed by atoms with Crippen LogP contribution < -0.4 is 9.47 Å². The first kappa shape index (κ1) is 12.0. The standard InChI is InChI=1S/C12H11NO5/c1-16-8-3-2-4-9(5-8)17-7-11-10(12(14)15)6-13-18-11/h2-6H,7H2,1H3,(H,14,15). The summed E-state index contributed by atoms with van der Waals surface area (Å²) in [5.41, 5.74) is -0.00195. The van der Waals surface area contributed by atoms with E-state index in [-0.39, 0.29) is 17.9 Å². The smallest absolute Gasteiger partial charge is 0.341 e. The number of carbonyl (C=O) groups is 1. The van der Waals surface area contributed by atoms with Crippen molar-refractivity contribution in [1.82, 2.24) is 5.16 Å². The van der Waals surface area contributed by atoms with Crippen LogP contribution in [-0.4, -0.2) is 23.3 Å². The van der Waals surface area contributed by atoms with Crippen LogP contribution in [0.4, 0.5) is 0 Å². The summed E-state index contributed by atoms with van der Waals surface area (Å²) >= 11 is 0. The van der Waals surface area contributed by atoms with Crippen LogP contribution in [0.1, 0.15) is 16.1 Å². The molecular formula is C12H11NO5. The summed E-state index contributed by atoms with van der Waals surface area (Å²) in [6.45, 7) is -0.00516. The molecule has 0 aliphatic rings. The molecule has 18 heavy (non-hydrogen) atoms. The molecule has 0 amide bonds. The van der Waals surface area contributed by atoms with Gasteiger partial charge in [-0.2, -0.15) is 0 Å². The molecule has 0 aliphatic heterocycles. The minimum absolute atomic E-state index is 0.00195. The summed E-state index contributed by atoms with van der Waals surface area (Å²) in [5.74, 6) is 0.288. The van der Waals surface area contributed by atoms with Crippen LogP contribution in [0.25, 0.3) is 0 Å². The van der Waals surface area contributed by atoms with Crippen molar-refractivity contribution >= 4 is 5.97 Å². The molecule has 0 fully saturated rings. The van der Waals surface area contributed by atoms with E-state index in [1.54, 1.807) is 31.4 Å². The van der Waals surface area contributed by atoms with Gasteiger partial charge in [-0.25, -0.2) is 4.79 Å². The average molecular weight is 249 g/mol. The molecule has 1 N–H and O–H groups in total. The van der Waals surface area contributed by atoms with Gasteiger partial charge < -0.3 is 19.1 Å². The zero-order valence-corrected chi connectivity index (χ0v) is 9.62. The predicted molar refractivity (Wildman–Crippen MR) is 60.8 cm³/mol. The van der Waals surface area contributed by atoms with E-state index < -0.39 is 5.97 Å². The molecule has 1 aromatic heterocycles. The number of carboxylic acid groups (broad SMARTS) is 1. The molecular weight excluding hydrogens is 238 g/mol. The van der Waals surface area contributed by atoms with Crippen LogP contribution in [0, 0.1) is 0 Å². The fourth-order valence-electron chi connectivity index (χ4n) is 1.38. The maximum absolute atomic E-state index is 10.8. The maximum Gasteiger partial charge on any atom is 0.341 e. The van der Waals surface area contributed by atoms with Gasteiger partial charge in [0.1, 0.15) is 23.7 Å². The lowest BCUT2D eigenvalue weighted by Crippen LogP contribution is -2.02. The van der Waals surface area contributed by atoms with E-state index in [9.17, 15) is 4.79 Å². The lowest BCUT2D eigenvalue weighted by Gasteiger charge is -2.06. The van der Waals surface area contributed by atoms with Crippen molar-refractivity contribution in [2.45, 2.75) is 6.61 Å². The molecule has 0 atom stereocenters. The third-order valence-electron chi connectivity index (χ3n) is 2.29. The SMILES string of the molecule is COc1cccc(OCc2oncc2C(=O)O)c1. The zero-order chi connectivity index (χ0) is 13.0. The molecule has 0 saturated heterocycles. The van der Waals surface area contributed by atoms with Crippen LogP contribution in [0.3, 0.4) is 0 Å². The second-order valence-corrected chi connectivity index (χ2v) is 3.44. The number of carboxylic acids is 1. The van der Waals surface area contributed by atoms with E-state index in [1.165, 1.54) is 0 Å². The molecule has 0 radical (unpaired) electrons. The fraction of sp³-hybridized carbons (Fsp3) is 0.167. The van der Waals surface area contributed by atoms with Gasteiger partial charge in [0.15, 0.2) is 5.76 Å². The molecule has 2 rings (SSSR count).